The summed E-state index contributed by atoms with van der Waals surface area (Å²) in [4.78, 5) is 18.9. The number of hydrogen-bond donors (Lipinski definition) is 2. The van der Waals surface area contributed by atoms with Crippen LogP contribution >= 0.6 is 11.6 Å². The monoisotopic (exact) mass is 276 g/mol. The van der Waals surface area contributed by atoms with Gasteiger partial charge in [0.2, 0.25) is 5.88 Å². The van der Waals surface area contributed by atoms with Gasteiger partial charge in [-0.1, -0.05) is 23.7 Å². The van der Waals surface area contributed by atoms with E-state index in [1.165, 1.54) is 12.8 Å². The van der Waals surface area contributed by atoms with Gasteiger partial charge in [0.1, 0.15) is 11.4 Å². The maximum absolute atomic E-state index is 12.1. The number of aromatic amines is 1. The Bertz CT molecular complexity index is 660. The molecule has 0 bridgehead atoms. The Morgan fingerprint density at radius 1 is 1.32 bits per heavy atom. The number of rotatable bonds is 3. The van der Waals surface area contributed by atoms with Crippen molar-refractivity contribution >= 4 is 11.6 Å². The molecule has 3 rings (SSSR count). The first-order valence-electron chi connectivity index (χ1n) is 6.21. The predicted octanol–water partition coefficient (Wildman–Crippen LogP) is 2.75. The van der Waals surface area contributed by atoms with Crippen LogP contribution in [0.15, 0.2) is 29.1 Å². The maximum atomic E-state index is 12.1. The van der Waals surface area contributed by atoms with E-state index in [0.717, 1.165) is 6.42 Å². The maximum Gasteiger partial charge on any atom is 0.262 e. The molecule has 1 aliphatic rings. The van der Waals surface area contributed by atoms with Crippen LogP contribution in [0.3, 0.4) is 0 Å². The Hall–Kier alpha value is -1.81. The van der Waals surface area contributed by atoms with Gasteiger partial charge < -0.3 is 10.1 Å². The second-order valence-corrected chi connectivity index (χ2v) is 5.30. The summed E-state index contributed by atoms with van der Waals surface area (Å²) in [5.41, 5.74) is 0.482. The third-order valence-corrected chi connectivity index (χ3v) is 3.51. The van der Waals surface area contributed by atoms with Crippen molar-refractivity contribution in [3.63, 3.8) is 0 Å². The molecule has 0 amide bonds. The highest BCUT2D eigenvalue weighted by Crippen LogP contribution is 2.32. The van der Waals surface area contributed by atoms with Crippen LogP contribution in [0.2, 0.25) is 5.02 Å². The summed E-state index contributed by atoms with van der Waals surface area (Å²) in [6.45, 7) is 0. The second kappa shape index (κ2) is 4.70. The molecule has 1 fully saturated rings. The van der Waals surface area contributed by atoms with E-state index in [1.54, 1.807) is 24.3 Å². The van der Waals surface area contributed by atoms with Crippen LogP contribution in [0, 0.1) is 5.92 Å². The van der Waals surface area contributed by atoms with E-state index in [9.17, 15) is 9.90 Å². The summed E-state index contributed by atoms with van der Waals surface area (Å²) in [7, 11) is 0. The predicted molar refractivity (Wildman–Crippen MR) is 73.4 cm³/mol. The van der Waals surface area contributed by atoms with Crippen molar-refractivity contribution < 1.29 is 5.11 Å². The first-order valence-corrected chi connectivity index (χ1v) is 6.59. The van der Waals surface area contributed by atoms with Crippen LogP contribution in [0.5, 0.6) is 5.88 Å². The van der Waals surface area contributed by atoms with Gasteiger partial charge in [-0.3, -0.25) is 4.79 Å². The zero-order valence-corrected chi connectivity index (χ0v) is 10.9. The first-order chi connectivity index (χ1) is 9.13. The van der Waals surface area contributed by atoms with Gasteiger partial charge in [-0.05, 0) is 36.5 Å². The SMILES string of the molecule is O=c1[nH]c(CC2CC2)nc(O)c1-c1ccc(Cl)cc1. The van der Waals surface area contributed by atoms with Crippen LogP contribution in [0.25, 0.3) is 11.1 Å². The molecular weight excluding hydrogens is 264 g/mol. The Kier molecular flexibility index (Phi) is 3.03. The molecule has 1 heterocycles. The molecule has 0 saturated heterocycles. The lowest BCUT2D eigenvalue weighted by molar-refractivity contribution is 0.449. The van der Waals surface area contributed by atoms with Gasteiger partial charge in [0.25, 0.3) is 5.56 Å². The van der Waals surface area contributed by atoms with Gasteiger partial charge >= 0.3 is 0 Å². The van der Waals surface area contributed by atoms with Gasteiger partial charge in [0.05, 0.1) is 0 Å². The van der Waals surface area contributed by atoms with E-state index < -0.39 is 0 Å². The fraction of sp³-hybridized carbons (Fsp3) is 0.286. The van der Waals surface area contributed by atoms with Gasteiger partial charge in [0, 0.05) is 11.4 Å². The molecule has 1 aliphatic carbocycles. The number of H-pyrrole nitrogens is 1. The third-order valence-electron chi connectivity index (χ3n) is 3.26. The second-order valence-electron chi connectivity index (χ2n) is 4.87. The van der Waals surface area contributed by atoms with Crippen molar-refractivity contribution in [2.45, 2.75) is 19.3 Å². The van der Waals surface area contributed by atoms with Crippen molar-refractivity contribution in [1.29, 1.82) is 0 Å². The molecule has 2 N–H and O–H groups in total. The van der Waals surface area contributed by atoms with Gasteiger partial charge in [0.15, 0.2) is 0 Å². The first kappa shape index (κ1) is 12.2. The van der Waals surface area contributed by atoms with Crippen LogP contribution in [-0.2, 0) is 6.42 Å². The lowest BCUT2D eigenvalue weighted by atomic mass is 10.1. The molecule has 1 aromatic heterocycles. The number of nitrogens with one attached hydrogen (secondary N) is 1. The average molecular weight is 277 g/mol. The lowest BCUT2D eigenvalue weighted by Crippen LogP contribution is -2.14. The average Bonchev–Trinajstić information content (AvgIpc) is 3.14. The molecule has 1 saturated carbocycles. The zero-order chi connectivity index (χ0) is 13.4. The van der Waals surface area contributed by atoms with Crippen molar-refractivity contribution in [1.82, 2.24) is 9.97 Å². The van der Waals surface area contributed by atoms with Gasteiger partial charge in [-0.15, -0.1) is 0 Å². The topological polar surface area (TPSA) is 66.0 Å². The highest BCUT2D eigenvalue weighted by atomic mass is 35.5. The summed E-state index contributed by atoms with van der Waals surface area (Å²) in [5.74, 6) is 0.938. The van der Waals surface area contributed by atoms with Crippen LogP contribution < -0.4 is 5.56 Å². The quantitative estimate of drug-likeness (QED) is 0.906. The molecule has 19 heavy (non-hydrogen) atoms. The molecule has 0 atom stereocenters. The van der Waals surface area contributed by atoms with Crippen LogP contribution in [0.4, 0.5) is 0 Å². The highest BCUT2D eigenvalue weighted by molar-refractivity contribution is 6.30. The standard InChI is InChI=1S/C14H13ClN2O2/c15-10-5-3-9(4-6-10)12-13(18)16-11(17-14(12)19)7-8-1-2-8/h3-6,8H,1-2,7H2,(H2,16,17,18,19). The van der Waals surface area contributed by atoms with Crippen LogP contribution in [0.1, 0.15) is 18.7 Å². The number of aromatic hydroxyl groups is 1. The Labute approximate surface area is 115 Å². The molecule has 5 heteroatoms. The van der Waals surface area contributed by atoms with E-state index in [2.05, 4.69) is 9.97 Å². The largest absolute Gasteiger partial charge is 0.493 e. The summed E-state index contributed by atoms with van der Waals surface area (Å²) in [6.07, 6.45) is 3.07. The molecule has 0 radical (unpaired) electrons. The van der Waals surface area contributed by atoms with Crippen molar-refractivity contribution in [3.05, 3.63) is 45.5 Å². The Morgan fingerprint density at radius 2 is 2.00 bits per heavy atom. The van der Waals surface area contributed by atoms with E-state index in [4.69, 9.17) is 11.6 Å². The highest BCUT2D eigenvalue weighted by Gasteiger charge is 2.23. The molecular formula is C14H13ClN2O2. The molecule has 0 unspecified atom stereocenters. The van der Waals surface area contributed by atoms with Gasteiger partial charge in [-0.2, -0.15) is 4.98 Å². The van der Waals surface area contributed by atoms with E-state index in [-0.39, 0.29) is 17.0 Å². The van der Waals surface area contributed by atoms with E-state index >= 15 is 0 Å². The molecule has 0 aliphatic heterocycles. The minimum absolute atomic E-state index is 0.191. The number of benzene rings is 1. The minimum Gasteiger partial charge on any atom is -0.493 e. The third kappa shape index (κ3) is 2.63. The molecule has 98 valence electrons. The summed E-state index contributed by atoms with van der Waals surface area (Å²) >= 11 is 5.80. The molecule has 1 aromatic carbocycles. The van der Waals surface area contributed by atoms with Crippen molar-refractivity contribution in [2.75, 3.05) is 0 Å². The molecule has 4 nitrogen and oxygen atoms in total. The van der Waals surface area contributed by atoms with Gasteiger partial charge in [-0.25, -0.2) is 0 Å². The lowest BCUT2D eigenvalue weighted by Gasteiger charge is -2.06. The van der Waals surface area contributed by atoms with E-state index in [1.807, 2.05) is 0 Å². The van der Waals surface area contributed by atoms with E-state index in [0.29, 0.717) is 22.3 Å². The molecule has 0 spiro atoms. The summed E-state index contributed by atoms with van der Waals surface area (Å²) < 4.78 is 0. The Morgan fingerprint density at radius 3 is 2.58 bits per heavy atom. The zero-order valence-electron chi connectivity index (χ0n) is 10.2. The minimum atomic E-state index is -0.314. The molecule has 2 aromatic rings. The fourth-order valence-corrected chi connectivity index (χ4v) is 2.20. The van der Waals surface area contributed by atoms with Crippen LogP contribution in [-0.4, -0.2) is 15.1 Å². The van der Waals surface area contributed by atoms with Crippen molar-refractivity contribution in [3.8, 4) is 17.0 Å². The number of hydrogen-bond acceptors (Lipinski definition) is 3. The number of halogens is 1. The summed E-state index contributed by atoms with van der Waals surface area (Å²) in [5, 5.41) is 10.5. The fourth-order valence-electron chi connectivity index (χ4n) is 2.08. The Balaban J connectivity index is 2.01. The van der Waals surface area contributed by atoms with Crippen molar-refractivity contribution in [2.24, 2.45) is 5.92 Å². The number of aromatic nitrogens is 2. The number of nitrogens with zero attached hydrogens (tertiary/aromatic N) is 1. The smallest absolute Gasteiger partial charge is 0.262 e. The normalized spacial score (nSPS) is 14.6. The summed E-state index contributed by atoms with van der Waals surface area (Å²) in [6, 6.07) is 6.73.